The number of benzene rings is 2. The lowest BCUT2D eigenvalue weighted by atomic mass is 9.83. The number of tetrazole rings is 2. The molecule has 6 aliphatic heterocycles. The van der Waals surface area contributed by atoms with Crippen LogP contribution in [-0.2, 0) is 11.2 Å². The Labute approximate surface area is 423 Å². The van der Waals surface area contributed by atoms with Gasteiger partial charge in [0, 0.05) is 36.5 Å². The van der Waals surface area contributed by atoms with Crippen molar-refractivity contribution < 1.29 is 18.3 Å². The number of halogens is 3. The second kappa shape index (κ2) is 21.4. The topological polar surface area (TPSA) is 226 Å². The van der Waals surface area contributed by atoms with Gasteiger partial charge in [0.05, 0.1) is 12.4 Å². The SMILES string of the molecule is C.CC1(C)Oc2ccc(N)cc2-n2nnnc21.CC1(C)Oc2ccc(Nc3ncc(F)c(NC[C@@H]4CCCN5CCCC[C@H]45)n3)cc2-n2nnnc21.Fc1cnc(Cl)nc1NC[C@@H]1CCCN2CCCC[C@H]12. The summed E-state index contributed by atoms with van der Waals surface area (Å²) in [5.74, 6) is 3.63. The normalized spacial score (nSPS) is 22.3. The highest BCUT2D eigenvalue weighted by molar-refractivity contribution is 6.28. The number of piperidine rings is 4. The Morgan fingerprint density at radius 2 is 1.18 bits per heavy atom. The summed E-state index contributed by atoms with van der Waals surface area (Å²) in [6.45, 7) is 14.0. The van der Waals surface area contributed by atoms with Crippen LogP contribution in [0, 0.1) is 23.5 Å². The number of aromatic nitrogens is 12. The van der Waals surface area contributed by atoms with Crippen molar-refractivity contribution in [3.8, 4) is 22.9 Å². The molecule has 4 saturated heterocycles. The maximum Gasteiger partial charge on any atom is 0.229 e. The largest absolute Gasteiger partial charge is 0.478 e. The molecule has 0 spiro atoms. The van der Waals surface area contributed by atoms with Gasteiger partial charge in [-0.3, -0.25) is 0 Å². The van der Waals surface area contributed by atoms with E-state index in [-0.39, 0.29) is 24.3 Å². The second-order valence-electron chi connectivity index (χ2n) is 20.1. The van der Waals surface area contributed by atoms with Crippen molar-refractivity contribution in [2.24, 2.45) is 11.8 Å². The molecule has 0 bridgehead atoms. The molecule has 6 aliphatic rings. The Morgan fingerprint density at radius 3 is 1.76 bits per heavy atom. The van der Waals surface area contributed by atoms with Gasteiger partial charge in [-0.05, 0) is 186 Å². The summed E-state index contributed by atoms with van der Waals surface area (Å²) in [4.78, 5) is 21.3. The molecule has 384 valence electrons. The number of hydrogen-bond acceptors (Lipinski definition) is 18. The van der Waals surface area contributed by atoms with Crippen LogP contribution in [0.5, 0.6) is 11.5 Å². The van der Waals surface area contributed by atoms with Crippen LogP contribution in [0.2, 0.25) is 5.28 Å². The van der Waals surface area contributed by atoms with E-state index >= 15 is 0 Å². The minimum absolute atomic E-state index is 0. The zero-order valence-corrected chi connectivity index (χ0v) is 41.3. The van der Waals surface area contributed by atoms with Gasteiger partial charge < -0.3 is 41.0 Å². The minimum Gasteiger partial charge on any atom is -0.478 e. The fourth-order valence-corrected chi connectivity index (χ4v) is 11.1. The van der Waals surface area contributed by atoms with E-state index in [4.69, 9.17) is 26.8 Å². The first-order valence-electron chi connectivity index (χ1n) is 24.7. The first-order valence-corrected chi connectivity index (χ1v) is 25.1. The summed E-state index contributed by atoms with van der Waals surface area (Å²) in [6.07, 6.45) is 14.8. The molecule has 20 nitrogen and oxygen atoms in total. The quantitative estimate of drug-likeness (QED) is 0.0834. The first-order chi connectivity index (χ1) is 34.3. The molecule has 0 unspecified atom stereocenters. The average molecular weight is 1010 g/mol. The van der Waals surface area contributed by atoms with Crippen molar-refractivity contribution in [3.05, 3.63) is 77.4 Å². The Bertz CT molecular complexity index is 2820. The minimum atomic E-state index is -0.640. The van der Waals surface area contributed by atoms with Crippen LogP contribution in [0.15, 0.2) is 48.8 Å². The summed E-state index contributed by atoms with van der Waals surface area (Å²) in [6, 6.07) is 12.2. The van der Waals surface area contributed by atoms with Crippen LogP contribution in [0.1, 0.15) is 111 Å². The molecule has 2 aromatic carbocycles. The molecule has 0 radical (unpaired) electrons. The first kappa shape index (κ1) is 50.5. The van der Waals surface area contributed by atoms with Crippen LogP contribution < -0.4 is 31.2 Å². The molecule has 23 heteroatoms. The summed E-state index contributed by atoms with van der Waals surface area (Å²) >= 11 is 5.71. The van der Waals surface area contributed by atoms with E-state index in [1.165, 1.54) is 96.6 Å². The van der Waals surface area contributed by atoms with Crippen LogP contribution in [0.4, 0.5) is 37.7 Å². The third-order valence-electron chi connectivity index (χ3n) is 14.4. The number of ether oxygens (including phenoxy) is 2. The van der Waals surface area contributed by atoms with Crippen molar-refractivity contribution in [2.75, 3.05) is 61.0 Å². The van der Waals surface area contributed by atoms with Crippen molar-refractivity contribution in [2.45, 2.75) is 123 Å². The number of fused-ring (bicyclic) bond motifs is 8. The lowest BCUT2D eigenvalue weighted by Crippen LogP contribution is -2.49. The second-order valence-corrected chi connectivity index (χ2v) is 20.4. The number of rotatable bonds is 8. The number of nitrogen functional groups attached to an aromatic ring is 1. The average Bonchev–Trinajstić information content (AvgIpc) is 4.09. The van der Waals surface area contributed by atoms with E-state index in [2.05, 4.69) is 76.7 Å². The van der Waals surface area contributed by atoms with Gasteiger partial charge in [0.1, 0.15) is 22.9 Å². The molecule has 72 heavy (non-hydrogen) atoms. The van der Waals surface area contributed by atoms with Crippen LogP contribution in [0.25, 0.3) is 11.4 Å². The zero-order chi connectivity index (χ0) is 49.3. The lowest BCUT2D eigenvalue weighted by molar-refractivity contribution is 0.0648. The molecule has 0 saturated carbocycles. The molecule has 4 fully saturated rings. The maximum atomic E-state index is 14.6. The van der Waals surface area contributed by atoms with Gasteiger partial charge in [0.25, 0.3) is 0 Å². The zero-order valence-electron chi connectivity index (χ0n) is 40.5. The lowest BCUT2D eigenvalue weighted by Gasteiger charge is -2.44. The van der Waals surface area contributed by atoms with Crippen molar-refractivity contribution >= 4 is 40.6 Å². The third kappa shape index (κ3) is 10.8. The Morgan fingerprint density at radius 1 is 0.667 bits per heavy atom. The van der Waals surface area contributed by atoms with Gasteiger partial charge in [0.2, 0.25) is 11.2 Å². The molecule has 0 amide bonds. The van der Waals surface area contributed by atoms with E-state index in [0.29, 0.717) is 65.2 Å². The standard InChI is InChI=1S/C24H30FN9O.C14H20ClFN4.C10H11N5O.CH4/c1-24(2)22-30-31-32-34(22)19-12-16(8-9-20(19)35-24)28-23-27-14-17(25)21(29-23)26-13-15-6-5-11-33-10-4-3-7-18(15)33;15-14-18-9-11(16)13(19-14)17-8-10-4-3-7-20-6-2-1-5-12(10)20;1-10(2)9-12-13-14-15(9)7-5-6(11)3-4-8(7)16-10;/h8-9,12,14-15,18H,3-7,10-11,13H2,1-2H3,(H2,26,27,28,29);9-10,12H,1-8H2,(H,17,18,19);3-5H,11H2,1-2H3;1H4/t15-,18+;10-,12+;;/m00../s1. The van der Waals surface area contributed by atoms with Crippen molar-refractivity contribution in [3.63, 3.8) is 0 Å². The third-order valence-corrected chi connectivity index (χ3v) is 14.6. The smallest absolute Gasteiger partial charge is 0.229 e. The van der Waals surface area contributed by atoms with Gasteiger partial charge >= 0.3 is 0 Å². The van der Waals surface area contributed by atoms with E-state index in [1.54, 1.807) is 21.5 Å². The Balaban J connectivity index is 0.000000146. The fraction of sp³-hybridized carbons (Fsp3) is 0.551. The predicted octanol–water partition coefficient (Wildman–Crippen LogP) is 8.09. The van der Waals surface area contributed by atoms with E-state index in [0.717, 1.165) is 29.9 Å². The number of nitrogens with zero attached hydrogens (tertiary/aromatic N) is 14. The molecular formula is C49H65ClF2N18O2. The number of hydrogen-bond donors (Lipinski definition) is 4. The number of anilines is 5. The van der Waals surface area contributed by atoms with Gasteiger partial charge in [-0.25, -0.2) is 18.7 Å². The molecule has 10 heterocycles. The van der Waals surface area contributed by atoms with Gasteiger partial charge in [-0.2, -0.15) is 19.3 Å². The summed E-state index contributed by atoms with van der Waals surface area (Å²) in [7, 11) is 0. The van der Waals surface area contributed by atoms with E-state index in [1.807, 2.05) is 52.0 Å². The molecule has 4 aromatic heterocycles. The summed E-state index contributed by atoms with van der Waals surface area (Å²) < 4.78 is 43.4. The van der Waals surface area contributed by atoms with Gasteiger partial charge in [0.15, 0.2) is 46.1 Å². The molecular weight excluding hydrogens is 946 g/mol. The highest BCUT2D eigenvalue weighted by Crippen LogP contribution is 2.40. The fourth-order valence-electron chi connectivity index (χ4n) is 11.0. The van der Waals surface area contributed by atoms with Gasteiger partial charge in [-0.1, -0.05) is 20.3 Å². The molecule has 0 aliphatic carbocycles. The van der Waals surface area contributed by atoms with Crippen LogP contribution in [-0.4, -0.2) is 122 Å². The van der Waals surface area contributed by atoms with Crippen molar-refractivity contribution in [1.29, 1.82) is 0 Å². The van der Waals surface area contributed by atoms with E-state index in [9.17, 15) is 8.78 Å². The van der Waals surface area contributed by atoms with Gasteiger partial charge in [-0.15, -0.1) is 10.2 Å². The maximum absolute atomic E-state index is 14.6. The highest BCUT2D eigenvalue weighted by atomic mass is 35.5. The molecule has 5 N–H and O–H groups in total. The van der Waals surface area contributed by atoms with Crippen LogP contribution >= 0.6 is 11.6 Å². The number of nitrogens with one attached hydrogen (secondary N) is 3. The van der Waals surface area contributed by atoms with Crippen LogP contribution in [0.3, 0.4) is 0 Å². The molecule has 6 aromatic rings. The monoisotopic (exact) mass is 1010 g/mol. The Hall–Kier alpha value is -6.39. The molecule has 4 atom stereocenters. The highest BCUT2D eigenvalue weighted by Gasteiger charge is 2.38. The summed E-state index contributed by atoms with van der Waals surface area (Å²) in [5, 5.41) is 33.3. The number of nitrogens with two attached hydrogens (primary N) is 1. The Kier molecular flexibility index (Phi) is 15.0. The summed E-state index contributed by atoms with van der Waals surface area (Å²) in [5.41, 5.74) is 7.43. The predicted molar refractivity (Wildman–Crippen MR) is 270 cm³/mol. The molecule has 12 rings (SSSR count). The van der Waals surface area contributed by atoms with Crippen molar-refractivity contribution in [1.82, 2.24) is 70.2 Å². The van der Waals surface area contributed by atoms with E-state index < -0.39 is 22.8 Å².